The van der Waals surface area contributed by atoms with Gasteiger partial charge in [0.05, 0.1) is 18.7 Å². The highest BCUT2D eigenvalue weighted by molar-refractivity contribution is 6.31. The maximum absolute atomic E-state index is 13.5. The average molecular weight is 464 g/mol. The first-order chi connectivity index (χ1) is 15.9. The van der Waals surface area contributed by atoms with E-state index in [4.69, 9.17) is 21.1 Å². The molecule has 0 saturated carbocycles. The molecular weight excluding hydrogens is 442 g/mol. The molecule has 1 atom stereocenters. The van der Waals surface area contributed by atoms with E-state index < -0.39 is 17.9 Å². The van der Waals surface area contributed by atoms with Gasteiger partial charge in [0.2, 0.25) is 0 Å². The number of hydrogen-bond acceptors (Lipinski definition) is 5. The molecule has 0 aliphatic carbocycles. The van der Waals surface area contributed by atoms with Gasteiger partial charge in [0.15, 0.2) is 22.9 Å². The Morgan fingerprint density at radius 3 is 2.61 bits per heavy atom. The second kappa shape index (κ2) is 8.21. The molecule has 0 spiro atoms. The van der Waals surface area contributed by atoms with Gasteiger partial charge in [-0.15, -0.1) is 0 Å². The molecule has 1 N–H and O–H groups in total. The summed E-state index contributed by atoms with van der Waals surface area (Å²) in [6, 6.07) is 17.6. The molecule has 1 unspecified atom stereocenters. The number of amides is 1. The fourth-order valence-corrected chi connectivity index (χ4v) is 4.53. The van der Waals surface area contributed by atoms with Crippen LogP contribution in [0.25, 0.3) is 0 Å². The molecule has 0 saturated heterocycles. The van der Waals surface area contributed by atoms with Crippen LogP contribution in [0.1, 0.15) is 33.5 Å². The van der Waals surface area contributed by atoms with Crippen LogP contribution in [0, 0.1) is 6.92 Å². The predicted molar refractivity (Wildman–Crippen MR) is 124 cm³/mol. The number of fused-ring (bicyclic) bond motifs is 2. The highest BCUT2D eigenvalue weighted by atomic mass is 35.5. The Labute approximate surface area is 196 Å². The molecule has 168 valence electrons. The Morgan fingerprint density at radius 1 is 1.06 bits per heavy atom. The number of Topliss-reactive ketones (excluding diaryl/α,β-unsaturated/α-hetero) is 1. The second-order valence-corrected chi connectivity index (χ2v) is 8.73. The van der Waals surface area contributed by atoms with Crippen LogP contribution in [-0.2, 0) is 16.9 Å². The Bertz CT molecular complexity index is 1270. The fraction of sp³-hybridized carbons (Fsp3) is 0.231. The molecule has 0 fully saturated rings. The highest BCUT2D eigenvalue weighted by Crippen LogP contribution is 2.45. The number of carbonyl (C=O) groups is 2. The minimum atomic E-state index is -2.02. The summed E-state index contributed by atoms with van der Waals surface area (Å²) < 4.78 is 11.1. The number of anilines is 1. The van der Waals surface area contributed by atoms with E-state index in [1.807, 2.05) is 31.2 Å². The normalized spacial score (nSPS) is 18.9. The van der Waals surface area contributed by atoms with Crippen molar-refractivity contribution in [3.8, 4) is 11.5 Å². The molecule has 6 nitrogen and oxygen atoms in total. The zero-order valence-electron chi connectivity index (χ0n) is 18.0. The number of benzene rings is 3. The molecule has 3 aromatic rings. The lowest BCUT2D eigenvalue weighted by Crippen LogP contribution is -2.41. The van der Waals surface area contributed by atoms with Crippen LogP contribution < -0.4 is 14.4 Å². The lowest BCUT2D eigenvalue weighted by Gasteiger charge is -2.24. The number of ketones is 1. The minimum absolute atomic E-state index is 0.278. The number of rotatable bonds is 5. The molecule has 0 radical (unpaired) electrons. The number of hydrogen-bond donors (Lipinski definition) is 1. The van der Waals surface area contributed by atoms with Crippen LogP contribution in [0.5, 0.6) is 11.5 Å². The number of carbonyl (C=O) groups excluding carboxylic acids is 2. The van der Waals surface area contributed by atoms with Gasteiger partial charge in [-0.3, -0.25) is 9.59 Å². The largest absolute Gasteiger partial charge is 0.486 e. The standard InChI is InChI=1S/C26H22ClNO5/c1-16-4-2-3-5-18(16)15-28-21-8-7-19(27)13-20(21)26(31,25(28)30)14-22(29)17-6-9-23-24(12-17)33-11-10-32-23/h2-9,12-13,31H,10-11,14-15H2,1H3. The maximum atomic E-state index is 13.5. The highest BCUT2D eigenvalue weighted by Gasteiger charge is 2.51. The van der Waals surface area contributed by atoms with Crippen molar-refractivity contribution in [3.05, 3.63) is 87.9 Å². The molecular formula is C26H22ClNO5. The van der Waals surface area contributed by atoms with Crippen molar-refractivity contribution in [2.75, 3.05) is 18.1 Å². The number of aryl methyl sites for hydroxylation is 1. The predicted octanol–water partition coefficient (Wildman–Crippen LogP) is 4.43. The van der Waals surface area contributed by atoms with Crippen molar-refractivity contribution in [1.82, 2.24) is 0 Å². The van der Waals surface area contributed by atoms with Crippen LogP contribution in [-0.4, -0.2) is 30.0 Å². The van der Waals surface area contributed by atoms with Crippen LogP contribution in [0.4, 0.5) is 5.69 Å². The van der Waals surface area contributed by atoms with Crippen molar-refractivity contribution >= 4 is 29.0 Å². The van der Waals surface area contributed by atoms with Crippen LogP contribution >= 0.6 is 11.6 Å². The Hall–Kier alpha value is -3.35. The first kappa shape index (κ1) is 21.5. The zero-order valence-corrected chi connectivity index (χ0v) is 18.8. The second-order valence-electron chi connectivity index (χ2n) is 8.30. The maximum Gasteiger partial charge on any atom is 0.264 e. The first-order valence-corrected chi connectivity index (χ1v) is 11.1. The van der Waals surface area contributed by atoms with Gasteiger partial charge < -0.3 is 19.5 Å². The van der Waals surface area contributed by atoms with Gasteiger partial charge in [-0.2, -0.15) is 0 Å². The summed E-state index contributed by atoms with van der Waals surface area (Å²) >= 11 is 6.21. The molecule has 1 amide bonds. The lowest BCUT2D eigenvalue weighted by atomic mass is 9.88. The van der Waals surface area contributed by atoms with Crippen molar-refractivity contribution in [2.45, 2.75) is 25.5 Å². The quantitative estimate of drug-likeness (QED) is 0.566. The molecule has 3 aromatic carbocycles. The van der Waals surface area contributed by atoms with E-state index in [9.17, 15) is 14.7 Å². The van der Waals surface area contributed by atoms with Gasteiger partial charge >= 0.3 is 0 Å². The van der Waals surface area contributed by atoms with Crippen LogP contribution in [0.3, 0.4) is 0 Å². The van der Waals surface area contributed by atoms with Gasteiger partial charge in [-0.05, 0) is 54.4 Å². The van der Waals surface area contributed by atoms with E-state index in [0.29, 0.717) is 46.5 Å². The number of ether oxygens (including phenoxy) is 2. The smallest absolute Gasteiger partial charge is 0.264 e. The van der Waals surface area contributed by atoms with Gasteiger partial charge in [-0.25, -0.2) is 0 Å². The monoisotopic (exact) mass is 463 g/mol. The third kappa shape index (κ3) is 3.75. The van der Waals surface area contributed by atoms with E-state index in [2.05, 4.69) is 0 Å². The molecule has 2 heterocycles. The number of nitrogens with zero attached hydrogens (tertiary/aromatic N) is 1. The van der Waals surface area contributed by atoms with E-state index in [1.54, 1.807) is 36.4 Å². The Morgan fingerprint density at radius 2 is 1.82 bits per heavy atom. The summed E-state index contributed by atoms with van der Waals surface area (Å²) in [5, 5.41) is 12.0. The Kier molecular flexibility index (Phi) is 5.35. The van der Waals surface area contributed by atoms with Gasteiger partial charge in [0.25, 0.3) is 5.91 Å². The molecule has 2 aliphatic heterocycles. The van der Waals surface area contributed by atoms with Crippen molar-refractivity contribution in [1.29, 1.82) is 0 Å². The third-order valence-electron chi connectivity index (χ3n) is 6.16. The zero-order chi connectivity index (χ0) is 23.2. The van der Waals surface area contributed by atoms with Crippen LogP contribution in [0.2, 0.25) is 5.02 Å². The average Bonchev–Trinajstić information content (AvgIpc) is 3.01. The van der Waals surface area contributed by atoms with Crippen molar-refractivity contribution < 1.29 is 24.2 Å². The van der Waals surface area contributed by atoms with Gasteiger partial charge in [0.1, 0.15) is 13.2 Å². The first-order valence-electron chi connectivity index (χ1n) is 10.7. The summed E-state index contributed by atoms with van der Waals surface area (Å²) in [7, 11) is 0. The molecule has 5 rings (SSSR count). The minimum Gasteiger partial charge on any atom is -0.486 e. The van der Waals surface area contributed by atoms with Gasteiger partial charge in [-0.1, -0.05) is 35.9 Å². The topological polar surface area (TPSA) is 76.1 Å². The van der Waals surface area contributed by atoms with Crippen molar-refractivity contribution in [3.63, 3.8) is 0 Å². The van der Waals surface area contributed by atoms with Crippen molar-refractivity contribution in [2.24, 2.45) is 0 Å². The lowest BCUT2D eigenvalue weighted by molar-refractivity contribution is -0.136. The SMILES string of the molecule is Cc1ccccc1CN1C(=O)C(O)(CC(=O)c2ccc3c(c2)OCCO3)c2cc(Cl)ccc21. The molecule has 33 heavy (non-hydrogen) atoms. The van der Waals surface area contributed by atoms with E-state index >= 15 is 0 Å². The number of aliphatic hydroxyl groups is 1. The number of halogens is 1. The fourth-order valence-electron chi connectivity index (χ4n) is 4.36. The summed E-state index contributed by atoms with van der Waals surface area (Å²) in [5.41, 5.74) is 1.18. The summed E-state index contributed by atoms with van der Waals surface area (Å²) in [6.07, 6.45) is -0.414. The van der Waals surface area contributed by atoms with E-state index in [1.165, 1.54) is 4.90 Å². The molecule has 0 aromatic heterocycles. The molecule has 2 aliphatic rings. The Balaban J connectivity index is 1.49. The third-order valence-corrected chi connectivity index (χ3v) is 6.40. The summed E-state index contributed by atoms with van der Waals surface area (Å²) in [5.74, 6) is 0.108. The van der Waals surface area contributed by atoms with Gasteiger partial charge in [0, 0.05) is 16.1 Å². The summed E-state index contributed by atoms with van der Waals surface area (Å²) in [6.45, 7) is 3.09. The van der Waals surface area contributed by atoms with E-state index in [-0.39, 0.29) is 12.3 Å². The molecule has 0 bridgehead atoms. The summed E-state index contributed by atoms with van der Waals surface area (Å²) in [4.78, 5) is 28.3. The van der Waals surface area contributed by atoms with E-state index in [0.717, 1.165) is 11.1 Å². The molecule has 7 heteroatoms. The van der Waals surface area contributed by atoms with Crippen LogP contribution in [0.15, 0.2) is 60.7 Å².